The largest absolute Gasteiger partial charge is 0.350 e. The Bertz CT molecular complexity index is 697. The maximum Gasteiger partial charge on any atom is 0.251 e. The third-order valence-electron chi connectivity index (χ3n) is 4.62. The van der Waals surface area contributed by atoms with Gasteiger partial charge >= 0.3 is 0 Å². The molecule has 134 valence electrons. The van der Waals surface area contributed by atoms with Crippen LogP contribution < -0.4 is 5.32 Å². The first-order valence-corrected chi connectivity index (χ1v) is 8.86. The Kier molecular flexibility index (Phi) is 7.30. The molecule has 3 rings (SSSR count). The van der Waals surface area contributed by atoms with E-state index in [4.69, 9.17) is 11.6 Å². The number of hydrogen-bond donors (Lipinski definition) is 1. The molecule has 1 amide bonds. The summed E-state index contributed by atoms with van der Waals surface area (Å²) in [6, 6.07) is 15.7. The molecule has 2 aromatic carbocycles. The maximum absolute atomic E-state index is 12.4. The zero-order valence-corrected chi connectivity index (χ0v) is 15.9. The molecule has 0 spiro atoms. The number of benzene rings is 2. The summed E-state index contributed by atoms with van der Waals surface area (Å²) in [6.07, 6.45) is 2.40. The molecule has 0 aromatic heterocycles. The Balaban J connectivity index is 0.00000225. The minimum absolute atomic E-state index is 0. The lowest BCUT2D eigenvalue weighted by Crippen LogP contribution is -2.37. The Morgan fingerprint density at radius 1 is 1.12 bits per heavy atom. The number of likely N-dealkylation sites (tertiary alicyclic amines) is 1. The highest BCUT2D eigenvalue weighted by Crippen LogP contribution is 2.29. The number of rotatable bonds is 5. The first-order valence-electron chi connectivity index (χ1n) is 8.48. The lowest BCUT2D eigenvalue weighted by atomic mass is 10.0. The van der Waals surface area contributed by atoms with Crippen LogP contribution in [0.25, 0.3) is 0 Å². The van der Waals surface area contributed by atoms with E-state index >= 15 is 0 Å². The number of halogens is 2. The molecule has 0 bridgehead atoms. The van der Waals surface area contributed by atoms with Crippen molar-refractivity contribution in [3.8, 4) is 0 Å². The molecule has 1 saturated heterocycles. The fourth-order valence-corrected chi connectivity index (χ4v) is 3.49. The van der Waals surface area contributed by atoms with Crippen molar-refractivity contribution in [2.45, 2.75) is 25.8 Å². The molecule has 1 fully saturated rings. The van der Waals surface area contributed by atoms with Gasteiger partial charge in [0, 0.05) is 17.1 Å². The number of nitrogens with zero attached hydrogens (tertiary/aromatic N) is 1. The minimum Gasteiger partial charge on any atom is -0.350 e. The van der Waals surface area contributed by atoms with E-state index in [2.05, 4.69) is 16.3 Å². The maximum atomic E-state index is 12.4. The van der Waals surface area contributed by atoms with Gasteiger partial charge in [-0.25, -0.2) is 0 Å². The third-order valence-corrected chi connectivity index (χ3v) is 4.96. The first kappa shape index (κ1) is 19.8. The molecule has 1 atom stereocenters. The number of carbonyl (C=O) groups is 1. The van der Waals surface area contributed by atoms with Crippen LogP contribution in [0.4, 0.5) is 0 Å². The predicted octanol–water partition coefficient (Wildman–Crippen LogP) is 4.64. The van der Waals surface area contributed by atoms with Crippen molar-refractivity contribution in [3.63, 3.8) is 0 Å². The standard InChI is InChI=1S/C20H23ClN2O.ClH/c1-15-8-10-16(11-9-15)20(24)22-14-19(23-12-4-5-13-23)17-6-2-3-7-18(17)21;/h2-3,6-11,19H,4-5,12-14H2,1H3,(H,22,24);1H. The highest BCUT2D eigenvalue weighted by molar-refractivity contribution is 6.31. The normalized spacial score (nSPS) is 15.4. The van der Waals surface area contributed by atoms with Gasteiger partial charge in [-0.1, -0.05) is 47.5 Å². The van der Waals surface area contributed by atoms with E-state index in [1.54, 1.807) is 0 Å². The van der Waals surface area contributed by atoms with E-state index in [1.807, 2.05) is 49.4 Å². The number of aryl methyl sites for hydroxylation is 1. The van der Waals surface area contributed by atoms with E-state index in [0.717, 1.165) is 29.2 Å². The Labute approximate surface area is 160 Å². The van der Waals surface area contributed by atoms with Gasteiger partial charge in [0.05, 0.1) is 6.04 Å². The molecule has 2 aromatic rings. The van der Waals surface area contributed by atoms with Crippen molar-refractivity contribution in [3.05, 3.63) is 70.2 Å². The summed E-state index contributed by atoms with van der Waals surface area (Å²) in [7, 11) is 0. The first-order chi connectivity index (χ1) is 11.6. The second-order valence-corrected chi connectivity index (χ2v) is 6.76. The fourth-order valence-electron chi connectivity index (χ4n) is 3.23. The SMILES string of the molecule is Cc1ccc(C(=O)NCC(c2ccccc2Cl)N2CCCC2)cc1.Cl. The van der Waals surface area contributed by atoms with Crippen LogP contribution in [-0.2, 0) is 0 Å². The van der Waals surface area contributed by atoms with Crippen molar-refractivity contribution in [1.29, 1.82) is 0 Å². The number of nitrogens with one attached hydrogen (secondary N) is 1. The van der Waals surface area contributed by atoms with Gasteiger partial charge in [-0.15, -0.1) is 12.4 Å². The summed E-state index contributed by atoms with van der Waals surface area (Å²) in [6.45, 7) is 4.69. The van der Waals surface area contributed by atoms with Crippen molar-refractivity contribution in [2.24, 2.45) is 0 Å². The Hall–Kier alpha value is -1.55. The summed E-state index contributed by atoms with van der Waals surface area (Å²) < 4.78 is 0. The fraction of sp³-hybridized carbons (Fsp3) is 0.350. The summed E-state index contributed by atoms with van der Waals surface area (Å²) >= 11 is 6.41. The molecule has 0 aliphatic carbocycles. The van der Waals surface area contributed by atoms with E-state index in [1.165, 1.54) is 12.8 Å². The molecule has 25 heavy (non-hydrogen) atoms. The number of carbonyl (C=O) groups excluding carboxylic acids is 1. The van der Waals surface area contributed by atoms with Crippen LogP contribution in [0.1, 0.15) is 40.4 Å². The average molecular weight is 379 g/mol. The van der Waals surface area contributed by atoms with Crippen molar-refractivity contribution >= 4 is 29.9 Å². The lowest BCUT2D eigenvalue weighted by molar-refractivity contribution is 0.0938. The second kappa shape index (κ2) is 9.23. The number of hydrogen-bond acceptors (Lipinski definition) is 2. The molecular weight excluding hydrogens is 355 g/mol. The van der Waals surface area contributed by atoms with Crippen LogP contribution in [0, 0.1) is 6.92 Å². The molecule has 1 unspecified atom stereocenters. The van der Waals surface area contributed by atoms with E-state index in [0.29, 0.717) is 12.1 Å². The van der Waals surface area contributed by atoms with Crippen molar-refractivity contribution in [2.75, 3.05) is 19.6 Å². The number of amides is 1. The smallest absolute Gasteiger partial charge is 0.251 e. The zero-order chi connectivity index (χ0) is 16.9. The van der Waals surface area contributed by atoms with Gasteiger partial charge in [0.15, 0.2) is 0 Å². The van der Waals surface area contributed by atoms with Gasteiger partial charge in [-0.05, 0) is 56.6 Å². The van der Waals surface area contributed by atoms with Gasteiger partial charge in [0.25, 0.3) is 5.91 Å². The zero-order valence-electron chi connectivity index (χ0n) is 14.4. The van der Waals surface area contributed by atoms with Crippen LogP contribution in [0.5, 0.6) is 0 Å². The minimum atomic E-state index is -0.0359. The van der Waals surface area contributed by atoms with Crippen LogP contribution in [0.15, 0.2) is 48.5 Å². The highest BCUT2D eigenvalue weighted by atomic mass is 35.5. The van der Waals surface area contributed by atoms with Gasteiger partial charge < -0.3 is 5.32 Å². The highest BCUT2D eigenvalue weighted by Gasteiger charge is 2.25. The summed E-state index contributed by atoms with van der Waals surface area (Å²) in [5, 5.41) is 3.84. The van der Waals surface area contributed by atoms with Gasteiger partial charge in [0.1, 0.15) is 0 Å². The Morgan fingerprint density at radius 2 is 1.76 bits per heavy atom. The quantitative estimate of drug-likeness (QED) is 0.821. The van der Waals surface area contributed by atoms with Gasteiger partial charge in [-0.3, -0.25) is 9.69 Å². The molecule has 1 N–H and O–H groups in total. The van der Waals surface area contributed by atoms with Crippen molar-refractivity contribution < 1.29 is 4.79 Å². The summed E-state index contributed by atoms with van der Waals surface area (Å²) in [5.74, 6) is -0.0359. The summed E-state index contributed by atoms with van der Waals surface area (Å²) in [5.41, 5.74) is 2.93. The van der Waals surface area contributed by atoms with E-state index in [-0.39, 0.29) is 24.4 Å². The van der Waals surface area contributed by atoms with Crippen LogP contribution in [0.3, 0.4) is 0 Å². The Morgan fingerprint density at radius 3 is 2.40 bits per heavy atom. The lowest BCUT2D eigenvalue weighted by Gasteiger charge is -2.29. The predicted molar refractivity (Wildman–Crippen MR) is 106 cm³/mol. The van der Waals surface area contributed by atoms with E-state index in [9.17, 15) is 4.79 Å². The summed E-state index contributed by atoms with van der Waals surface area (Å²) in [4.78, 5) is 14.8. The molecule has 1 aliphatic heterocycles. The molecule has 0 radical (unpaired) electrons. The molecule has 1 heterocycles. The molecule has 0 saturated carbocycles. The second-order valence-electron chi connectivity index (χ2n) is 6.36. The van der Waals surface area contributed by atoms with Gasteiger partial charge in [-0.2, -0.15) is 0 Å². The molecule has 5 heteroatoms. The monoisotopic (exact) mass is 378 g/mol. The average Bonchev–Trinajstić information content (AvgIpc) is 3.11. The van der Waals surface area contributed by atoms with E-state index < -0.39 is 0 Å². The topological polar surface area (TPSA) is 32.3 Å². The molecular formula is C20H24Cl2N2O. The van der Waals surface area contributed by atoms with Gasteiger partial charge in [0.2, 0.25) is 0 Å². The van der Waals surface area contributed by atoms with Crippen molar-refractivity contribution in [1.82, 2.24) is 10.2 Å². The molecule has 1 aliphatic rings. The third kappa shape index (κ3) is 4.97. The van der Waals surface area contributed by atoms with Crippen LogP contribution in [-0.4, -0.2) is 30.4 Å². The molecule has 3 nitrogen and oxygen atoms in total. The van der Waals surface area contributed by atoms with Crippen LogP contribution >= 0.6 is 24.0 Å². The van der Waals surface area contributed by atoms with Crippen LogP contribution in [0.2, 0.25) is 5.02 Å².